The van der Waals surface area contributed by atoms with Crippen LogP contribution in [0.1, 0.15) is 13.8 Å². The van der Waals surface area contributed by atoms with Gasteiger partial charge in [-0.05, 0) is 20.1 Å². The molecule has 1 amide bonds. The molecule has 0 aliphatic heterocycles. The van der Waals surface area contributed by atoms with Crippen LogP contribution < -0.4 is 0 Å². The number of carbonyl (C=O) groups excluding carboxylic acids is 1. The van der Waals surface area contributed by atoms with Crippen LogP contribution in [0.15, 0.2) is 0 Å². The third-order valence-electron chi connectivity index (χ3n) is 1.24. The first kappa shape index (κ1) is 8.82. The van der Waals surface area contributed by atoms with Crippen molar-refractivity contribution in [3.8, 4) is 0 Å². The summed E-state index contributed by atoms with van der Waals surface area (Å²) in [6.45, 7) is 3.99. The quantitative estimate of drug-likeness (QED) is 0.563. The predicted molar refractivity (Wildman–Crippen MR) is 41.8 cm³/mol. The standard InChI is InChI=1S/C6H13NOS/c1-5(2)7(3)6(8)9-4/h5H,1-4H3. The summed E-state index contributed by atoms with van der Waals surface area (Å²) in [5.41, 5.74) is 0. The number of amides is 1. The van der Waals surface area contributed by atoms with Gasteiger partial charge >= 0.3 is 0 Å². The zero-order chi connectivity index (χ0) is 7.44. The lowest BCUT2D eigenvalue weighted by Gasteiger charge is -2.19. The fourth-order valence-electron chi connectivity index (χ4n) is 0.355. The summed E-state index contributed by atoms with van der Waals surface area (Å²) in [4.78, 5) is 12.6. The van der Waals surface area contributed by atoms with Crippen LogP contribution >= 0.6 is 11.8 Å². The summed E-state index contributed by atoms with van der Waals surface area (Å²) < 4.78 is 0. The molecule has 54 valence electrons. The van der Waals surface area contributed by atoms with Crippen LogP contribution in [-0.4, -0.2) is 29.5 Å². The van der Waals surface area contributed by atoms with Gasteiger partial charge in [-0.25, -0.2) is 0 Å². The van der Waals surface area contributed by atoms with Crippen molar-refractivity contribution in [1.29, 1.82) is 0 Å². The average molecular weight is 147 g/mol. The normalized spacial score (nSPS) is 9.89. The van der Waals surface area contributed by atoms with Crippen molar-refractivity contribution in [2.45, 2.75) is 19.9 Å². The molecule has 0 aliphatic carbocycles. The largest absolute Gasteiger partial charge is 0.334 e. The lowest BCUT2D eigenvalue weighted by atomic mass is 10.4. The first-order chi connectivity index (χ1) is 4.09. The highest BCUT2D eigenvalue weighted by Crippen LogP contribution is 2.04. The summed E-state index contributed by atoms with van der Waals surface area (Å²) in [6, 6.07) is 0.310. The summed E-state index contributed by atoms with van der Waals surface area (Å²) in [5, 5.41) is 0.130. The van der Waals surface area contributed by atoms with Crippen LogP contribution in [-0.2, 0) is 0 Å². The number of hydrogen-bond acceptors (Lipinski definition) is 2. The molecule has 0 unspecified atom stereocenters. The van der Waals surface area contributed by atoms with Crippen molar-refractivity contribution in [1.82, 2.24) is 4.90 Å². The molecule has 0 atom stereocenters. The molecule has 9 heavy (non-hydrogen) atoms. The lowest BCUT2D eigenvalue weighted by molar-refractivity contribution is 0.223. The van der Waals surface area contributed by atoms with E-state index in [1.54, 1.807) is 11.2 Å². The number of thioether (sulfide) groups is 1. The van der Waals surface area contributed by atoms with E-state index < -0.39 is 0 Å². The summed E-state index contributed by atoms with van der Waals surface area (Å²) in [5.74, 6) is 0. The second kappa shape index (κ2) is 3.77. The van der Waals surface area contributed by atoms with E-state index in [0.717, 1.165) is 0 Å². The number of nitrogens with zero attached hydrogens (tertiary/aromatic N) is 1. The van der Waals surface area contributed by atoms with Crippen molar-refractivity contribution in [2.75, 3.05) is 13.3 Å². The van der Waals surface area contributed by atoms with Crippen molar-refractivity contribution < 1.29 is 4.79 Å². The van der Waals surface area contributed by atoms with E-state index in [4.69, 9.17) is 0 Å². The van der Waals surface area contributed by atoms with Gasteiger partial charge in [-0.1, -0.05) is 11.8 Å². The van der Waals surface area contributed by atoms with Crippen molar-refractivity contribution in [2.24, 2.45) is 0 Å². The van der Waals surface area contributed by atoms with Gasteiger partial charge in [0.1, 0.15) is 0 Å². The minimum atomic E-state index is 0.130. The first-order valence-electron chi connectivity index (χ1n) is 2.90. The van der Waals surface area contributed by atoms with Gasteiger partial charge in [0.05, 0.1) is 0 Å². The van der Waals surface area contributed by atoms with Gasteiger partial charge < -0.3 is 4.90 Å². The predicted octanol–water partition coefficient (Wildman–Crippen LogP) is 1.81. The second-order valence-electron chi connectivity index (χ2n) is 2.17. The fraction of sp³-hybridized carbons (Fsp3) is 0.833. The van der Waals surface area contributed by atoms with Crippen molar-refractivity contribution in [3.63, 3.8) is 0 Å². The maximum Gasteiger partial charge on any atom is 0.281 e. The van der Waals surface area contributed by atoms with Crippen molar-refractivity contribution >= 4 is 17.0 Å². The molecule has 0 aliphatic rings. The molecular weight excluding hydrogens is 134 g/mol. The number of carbonyl (C=O) groups is 1. The Balaban J connectivity index is 3.72. The Labute approximate surface area is 60.6 Å². The molecule has 3 heteroatoms. The lowest BCUT2D eigenvalue weighted by Crippen LogP contribution is -2.29. The zero-order valence-corrected chi connectivity index (χ0v) is 7.16. The molecule has 0 aromatic heterocycles. The molecule has 0 N–H and O–H groups in total. The number of rotatable bonds is 1. The minimum absolute atomic E-state index is 0.130. The van der Waals surface area contributed by atoms with Gasteiger partial charge in [0.25, 0.3) is 5.24 Å². The van der Waals surface area contributed by atoms with Crippen LogP contribution in [0.2, 0.25) is 0 Å². The smallest absolute Gasteiger partial charge is 0.281 e. The fourth-order valence-corrected chi connectivity index (χ4v) is 0.854. The molecule has 0 bridgehead atoms. The Morgan fingerprint density at radius 2 is 2.00 bits per heavy atom. The van der Waals surface area contributed by atoms with Gasteiger partial charge in [0.15, 0.2) is 0 Å². The van der Waals surface area contributed by atoms with Gasteiger partial charge in [-0.3, -0.25) is 4.79 Å². The molecule has 2 nitrogen and oxygen atoms in total. The molecule has 0 aromatic carbocycles. The Morgan fingerprint density at radius 1 is 1.56 bits per heavy atom. The van der Waals surface area contributed by atoms with E-state index in [2.05, 4.69) is 0 Å². The third-order valence-corrected chi connectivity index (χ3v) is 1.87. The van der Waals surface area contributed by atoms with E-state index in [1.807, 2.05) is 20.9 Å². The van der Waals surface area contributed by atoms with Crippen LogP contribution in [0.4, 0.5) is 4.79 Å². The van der Waals surface area contributed by atoms with Gasteiger partial charge in [0.2, 0.25) is 0 Å². The van der Waals surface area contributed by atoms with E-state index in [0.29, 0.717) is 6.04 Å². The Bertz CT molecular complexity index is 103. The molecule has 0 spiro atoms. The molecule has 0 aromatic rings. The minimum Gasteiger partial charge on any atom is -0.334 e. The molecule has 0 rings (SSSR count). The highest BCUT2D eigenvalue weighted by molar-refractivity contribution is 8.12. The highest BCUT2D eigenvalue weighted by Gasteiger charge is 2.08. The Kier molecular flexibility index (Phi) is 3.70. The van der Waals surface area contributed by atoms with E-state index in [1.165, 1.54) is 11.8 Å². The van der Waals surface area contributed by atoms with E-state index >= 15 is 0 Å². The molecule has 0 radical (unpaired) electrons. The van der Waals surface area contributed by atoms with E-state index in [9.17, 15) is 4.79 Å². The second-order valence-corrected chi connectivity index (χ2v) is 2.93. The third kappa shape index (κ3) is 2.75. The molecule has 0 saturated heterocycles. The maximum atomic E-state index is 10.8. The first-order valence-corrected chi connectivity index (χ1v) is 4.12. The molecule has 0 saturated carbocycles. The van der Waals surface area contributed by atoms with Crippen LogP contribution in [0.25, 0.3) is 0 Å². The average Bonchev–Trinajstić information content (AvgIpc) is 1.84. The molecule has 0 fully saturated rings. The van der Waals surface area contributed by atoms with Crippen LogP contribution in [0.3, 0.4) is 0 Å². The van der Waals surface area contributed by atoms with Crippen molar-refractivity contribution in [3.05, 3.63) is 0 Å². The maximum absolute atomic E-state index is 10.8. The zero-order valence-electron chi connectivity index (χ0n) is 6.34. The Hall–Kier alpha value is -0.180. The van der Waals surface area contributed by atoms with Gasteiger partial charge in [-0.15, -0.1) is 0 Å². The SMILES string of the molecule is CSC(=O)N(C)C(C)C. The molecular formula is C6H13NOS. The molecule has 0 heterocycles. The summed E-state index contributed by atoms with van der Waals surface area (Å²) >= 11 is 1.25. The Morgan fingerprint density at radius 3 is 2.11 bits per heavy atom. The van der Waals surface area contributed by atoms with Gasteiger partial charge in [0, 0.05) is 13.1 Å². The summed E-state index contributed by atoms with van der Waals surface area (Å²) in [7, 11) is 1.81. The monoisotopic (exact) mass is 147 g/mol. The van der Waals surface area contributed by atoms with Gasteiger partial charge in [-0.2, -0.15) is 0 Å². The highest BCUT2D eigenvalue weighted by atomic mass is 32.2. The summed E-state index contributed by atoms with van der Waals surface area (Å²) in [6.07, 6.45) is 1.79. The van der Waals surface area contributed by atoms with Crippen LogP contribution in [0, 0.1) is 0 Å². The van der Waals surface area contributed by atoms with E-state index in [-0.39, 0.29) is 5.24 Å². The number of hydrogen-bond donors (Lipinski definition) is 0. The topological polar surface area (TPSA) is 20.3 Å². The van der Waals surface area contributed by atoms with Crippen LogP contribution in [0.5, 0.6) is 0 Å².